The Morgan fingerprint density at radius 2 is 2.00 bits per heavy atom. The number of allylic oxidation sites excluding steroid dienone is 4. The first-order chi connectivity index (χ1) is 4.95. The summed E-state index contributed by atoms with van der Waals surface area (Å²) in [4.78, 5) is 3.24. The number of hydrogen-bond donors (Lipinski definition) is 1. The molecular formula is C9H8IN. The minimum absolute atomic E-state index is 0. The largest absolute Gasteiger partial charge is 1.00 e. The fourth-order valence-electron chi connectivity index (χ4n) is 1.93. The van der Waals surface area contributed by atoms with Crippen LogP contribution in [0.4, 0.5) is 0 Å². The first-order valence-electron chi connectivity index (χ1n) is 3.65. The second-order valence-corrected chi connectivity index (χ2v) is 2.98. The van der Waals surface area contributed by atoms with Crippen LogP contribution in [0.5, 0.6) is 0 Å². The summed E-state index contributed by atoms with van der Waals surface area (Å²) < 4.78 is 0. The number of hydrogen-bond acceptors (Lipinski definition) is 0. The summed E-state index contributed by atoms with van der Waals surface area (Å²) in [6.45, 7) is 1.05. The van der Waals surface area contributed by atoms with E-state index in [4.69, 9.17) is 0 Å². The van der Waals surface area contributed by atoms with Gasteiger partial charge in [-0.2, -0.15) is 0 Å². The van der Waals surface area contributed by atoms with Crippen LogP contribution < -0.4 is 29.0 Å². The van der Waals surface area contributed by atoms with E-state index in [2.05, 4.69) is 23.4 Å². The third kappa shape index (κ3) is 0.788. The molecule has 0 unspecified atom stereocenters. The average molecular weight is 257 g/mol. The maximum absolute atomic E-state index is 3.24. The molecular weight excluding hydrogens is 249 g/mol. The minimum Gasteiger partial charge on any atom is -1.00 e. The summed E-state index contributed by atoms with van der Waals surface area (Å²) in [6.07, 6.45) is 7.82. The van der Waals surface area contributed by atoms with E-state index in [0.29, 0.717) is 0 Å². The van der Waals surface area contributed by atoms with E-state index in [9.17, 15) is 0 Å². The second-order valence-electron chi connectivity index (χ2n) is 2.98. The van der Waals surface area contributed by atoms with E-state index in [0.717, 1.165) is 6.54 Å². The van der Waals surface area contributed by atoms with Gasteiger partial charge in [-0.15, -0.1) is 0 Å². The minimum atomic E-state index is 0. The molecule has 2 heteroatoms. The molecule has 0 spiro atoms. The number of fused-ring (bicyclic) bond motifs is 3. The van der Waals surface area contributed by atoms with Gasteiger partial charge in [-0.1, -0.05) is 12.2 Å². The zero-order valence-electron chi connectivity index (χ0n) is 6.02. The maximum atomic E-state index is 3.24. The van der Waals surface area contributed by atoms with Crippen LogP contribution in [0.3, 0.4) is 0 Å². The predicted octanol–water partition coefficient (Wildman–Crippen LogP) is -3.28. The molecule has 2 bridgehead atoms. The van der Waals surface area contributed by atoms with Gasteiger partial charge in [-0.25, -0.2) is 4.99 Å². The van der Waals surface area contributed by atoms with Gasteiger partial charge in [-0.05, 0) is 17.6 Å². The van der Waals surface area contributed by atoms with Gasteiger partial charge >= 0.3 is 0 Å². The van der Waals surface area contributed by atoms with Crippen molar-refractivity contribution >= 4 is 6.21 Å². The molecule has 0 saturated carbocycles. The lowest BCUT2D eigenvalue weighted by molar-refractivity contribution is -0.434. The lowest BCUT2D eigenvalue weighted by Gasteiger charge is -1.93. The summed E-state index contributed by atoms with van der Waals surface area (Å²) >= 11 is 0. The highest BCUT2D eigenvalue weighted by molar-refractivity contribution is 5.89. The third-order valence-corrected chi connectivity index (χ3v) is 2.45. The predicted molar refractivity (Wildman–Crippen MR) is 39.7 cm³/mol. The SMILES string of the molecule is C1=CC2=C3C[NH+]=CC3=C1C2.[I-]. The van der Waals surface area contributed by atoms with Gasteiger partial charge in [0.1, 0.15) is 0 Å². The van der Waals surface area contributed by atoms with E-state index >= 15 is 0 Å². The Balaban J connectivity index is 0.000000480. The smallest absolute Gasteiger partial charge is 0.170 e. The summed E-state index contributed by atoms with van der Waals surface area (Å²) in [6, 6.07) is 0. The molecule has 0 aromatic rings. The van der Waals surface area contributed by atoms with Crippen molar-refractivity contribution in [2.75, 3.05) is 6.54 Å². The molecule has 0 amide bonds. The van der Waals surface area contributed by atoms with Crippen LogP contribution in [-0.4, -0.2) is 12.8 Å². The van der Waals surface area contributed by atoms with Gasteiger partial charge < -0.3 is 24.0 Å². The Morgan fingerprint density at radius 3 is 2.82 bits per heavy atom. The molecule has 56 valence electrons. The van der Waals surface area contributed by atoms with Crippen molar-refractivity contribution < 1.29 is 29.0 Å². The number of nitrogens with one attached hydrogen (secondary N) is 1. The summed E-state index contributed by atoms with van der Waals surface area (Å²) in [5.41, 5.74) is 6.05. The molecule has 1 N–H and O–H groups in total. The van der Waals surface area contributed by atoms with E-state index in [1.165, 1.54) is 28.7 Å². The Bertz CT molecular complexity index is 331. The molecule has 3 aliphatic rings. The molecule has 11 heavy (non-hydrogen) atoms. The van der Waals surface area contributed by atoms with Crippen molar-refractivity contribution in [2.45, 2.75) is 6.42 Å². The molecule has 0 aromatic carbocycles. The van der Waals surface area contributed by atoms with E-state index < -0.39 is 0 Å². The monoisotopic (exact) mass is 257 g/mol. The van der Waals surface area contributed by atoms with Crippen LogP contribution in [-0.2, 0) is 0 Å². The number of halogens is 1. The van der Waals surface area contributed by atoms with Crippen molar-refractivity contribution in [3.05, 3.63) is 34.4 Å². The summed E-state index contributed by atoms with van der Waals surface area (Å²) in [7, 11) is 0. The lowest BCUT2D eigenvalue weighted by Crippen LogP contribution is -3.00. The quantitative estimate of drug-likeness (QED) is 0.438. The van der Waals surface area contributed by atoms with E-state index in [-0.39, 0.29) is 24.0 Å². The molecule has 2 aliphatic carbocycles. The van der Waals surface area contributed by atoms with Crippen LogP contribution in [0.25, 0.3) is 0 Å². The average Bonchev–Trinajstić information content (AvgIpc) is 2.60. The fraction of sp³-hybridized carbons (Fsp3) is 0.222. The summed E-state index contributed by atoms with van der Waals surface area (Å²) in [5.74, 6) is 0. The van der Waals surface area contributed by atoms with Gasteiger partial charge in [0.15, 0.2) is 12.8 Å². The Labute approximate surface area is 82.6 Å². The Hall–Kier alpha value is -0.380. The highest BCUT2D eigenvalue weighted by Crippen LogP contribution is 2.37. The topological polar surface area (TPSA) is 14.0 Å². The summed E-state index contributed by atoms with van der Waals surface area (Å²) in [5, 5.41) is 0. The standard InChI is InChI=1S/C9H7N.HI/c1-2-7-3-6(1)8-4-10-5-9(7)8;/h1-2,4H,3,5H2;1H. The maximum Gasteiger partial charge on any atom is 0.170 e. The van der Waals surface area contributed by atoms with Gasteiger partial charge in [-0.3, -0.25) is 0 Å². The van der Waals surface area contributed by atoms with Gasteiger partial charge in [0, 0.05) is 5.57 Å². The van der Waals surface area contributed by atoms with E-state index in [1.54, 1.807) is 0 Å². The highest BCUT2D eigenvalue weighted by Gasteiger charge is 2.29. The number of rotatable bonds is 0. The van der Waals surface area contributed by atoms with Crippen molar-refractivity contribution in [2.24, 2.45) is 0 Å². The molecule has 0 aromatic heterocycles. The van der Waals surface area contributed by atoms with Crippen molar-refractivity contribution in [1.29, 1.82) is 0 Å². The molecule has 0 saturated heterocycles. The van der Waals surface area contributed by atoms with Crippen LogP contribution in [0.1, 0.15) is 6.42 Å². The van der Waals surface area contributed by atoms with Crippen LogP contribution in [0.2, 0.25) is 0 Å². The third-order valence-electron chi connectivity index (χ3n) is 2.45. The van der Waals surface area contributed by atoms with E-state index in [1.807, 2.05) is 0 Å². The second kappa shape index (κ2) is 2.30. The van der Waals surface area contributed by atoms with Crippen molar-refractivity contribution in [1.82, 2.24) is 0 Å². The van der Waals surface area contributed by atoms with Gasteiger partial charge in [0.25, 0.3) is 0 Å². The zero-order chi connectivity index (χ0) is 6.55. The van der Waals surface area contributed by atoms with Gasteiger partial charge in [0.2, 0.25) is 0 Å². The van der Waals surface area contributed by atoms with Crippen molar-refractivity contribution in [3.8, 4) is 0 Å². The normalized spacial score (nSPS) is 23.3. The van der Waals surface area contributed by atoms with Crippen LogP contribution >= 0.6 is 0 Å². The zero-order valence-corrected chi connectivity index (χ0v) is 8.18. The molecule has 1 aliphatic heterocycles. The lowest BCUT2D eigenvalue weighted by atomic mass is 10.1. The Kier molecular flexibility index (Phi) is 1.52. The first-order valence-corrected chi connectivity index (χ1v) is 3.65. The Morgan fingerprint density at radius 1 is 1.18 bits per heavy atom. The molecule has 1 heterocycles. The molecule has 0 atom stereocenters. The highest BCUT2D eigenvalue weighted by atomic mass is 127. The van der Waals surface area contributed by atoms with Gasteiger partial charge in [0.05, 0.1) is 5.57 Å². The molecule has 1 nitrogen and oxygen atoms in total. The molecule has 3 rings (SSSR count). The van der Waals surface area contributed by atoms with Crippen LogP contribution in [0.15, 0.2) is 34.4 Å². The van der Waals surface area contributed by atoms with Crippen LogP contribution in [0, 0.1) is 0 Å². The molecule has 0 fully saturated rings. The van der Waals surface area contributed by atoms with Crippen molar-refractivity contribution in [3.63, 3.8) is 0 Å². The molecule has 0 radical (unpaired) electrons. The fourth-order valence-corrected chi connectivity index (χ4v) is 1.93. The first kappa shape index (κ1) is 7.28.